The molecular formula is C17H22N4O. The molecule has 1 saturated heterocycles. The second-order valence-electron chi connectivity index (χ2n) is 5.54. The average Bonchev–Trinajstić information content (AvgIpc) is 2.57. The first-order chi connectivity index (χ1) is 10.8. The van der Waals surface area contributed by atoms with Crippen molar-refractivity contribution in [3.63, 3.8) is 0 Å². The van der Waals surface area contributed by atoms with Crippen LogP contribution in [0.5, 0.6) is 0 Å². The Labute approximate surface area is 131 Å². The number of aromatic nitrogens is 2. The van der Waals surface area contributed by atoms with E-state index in [9.17, 15) is 0 Å². The SMILES string of the molecule is COCc1cc(NC2CCNCC2)nc(-c2ccccc2)n1. The number of benzene rings is 1. The van der Waals surface area contributed by atoms with Crippen molar-refractivity contribution in [1.29, 1.82) is 0 Å². The van der Waals surface area contributed by atoms with Crippen LogP contribution in [0.25, 0.3) is 11.4 Å². The fourth-order valence-corrected chi connectivity index (χ4v) is 2.68. The van der Waals surface area contributed by atoms with Gasteiger partial charge < -0.3 is 15.4 Å². The summed E-state index contributed by atoms with van der Waals surface area (Å²) >= 11 is 0. The van der Waals surface area contributed by atoms with Crippen LogP contribution in [0.2, 0.25) is 0 Å². The minimum absolute atomic E-state index is 0.468. The third-order valence-electron chi connectivity index (χ3n) is 3.79. The average molecular weight is 298 g/mol. The Hall–Kier alpha value is -1.98. The molecule has 5 heteroatoms. The smallest absolute Gasteiger partial charge is 0.161 e. The zero-order valence-electron chi connectivity index (χ0n) is 12.9. The number of nitrogens with one attached hydrogen (secondary N) is 2. The van der Waals surface area contributed by atoms with Crippen molar-refractivity contribution >= 4 is 5.82 Å². The number of piperidine rings is 1. The summed E-state index contributed by atoms with van der Waals surface area (Å²) in [6.45, 7) is 2.60. The third-order valence-corrected chi connectivity index (χ3v) is 3.79. The van der Waals surface area contributed by atoms with Crippen LogP contribution in [-0.4, -0.2) is 36.2 Å². The highest BCUT2D eigenvalue weighted by Gasteiger charge is 2.14. The quantitative estimate of drug-likeness (QED) is 0.888. The van der Waals surface area contributed by atoms with Crippen LogP contribution >= 0.6 is 0 Å². The van der Waals surface area contributed by atoms with Crippen molar-refractivity contribution in [2.24, 2.45) is 0 Å². The van der Waals surface area contributed by atoms with E-state index in [-0.39, 0.29) is 0 Å². The van der Waals surface area contributed by atoms with Crippen LogP contribution in [0.15, 0.2) is 36.4 Å². The van der Waals surface area contributed by atoms with Gasteiger partial charge in [-0.25, -0.2) is 9.97 Å². The first-order valence-corrected chi connectivity index (χ1v) is 7.75. The standard InChI is InChI=1S/C17H22N4O/c1-22-12-15-11-16(19-14-7-9-18-10-8-14)21-17(20-15)13-5-3-2-4-6-13/h2-6,11,14,18H,7-10,12H2,1H3,(H,19,20,21). The lowest BCUT2D eigenvalue weighted by Crippen LogP contribution is -2.35. The molecule has 0 radical (unpaired) electrons. The van der Waals surface area contributed by atoms with Gasteiger partial charge in [0.05, 0.1) is 12.3 Å². The Morgan fingerprint density at radius 2 is 1.95 bits per heavy atom. The predicted octanol–water partition coefficient (Wildman–Crippen LogP) is 2.45. The first kappa shape index (κ1) is 14.9. The predicted molar refractivity (Wildman–Crippen MR) is 87.7 cm³/mol. The second-order valence-corrected chi connectivity index (χ2v) is 5.54. The van der Waals surface area contributed by atoms with Crippen LogP contribution in [0.1, 0.15) is 18.5 Å². The maximum absolute atomic E-state index is 5.24. The highest BCUT2D eigenvalue weighted by atomic mass is 16.5. The largest absolute Gasteiger partial charge is 0.378 e. The molecule has 2 heterocycles. The van der Waals surface area contributed by atoms with Gasteiger partial charge in [0.25, 0.3) is 0 Å². The Bertz CT molecular complexity index is 597. The number of anilines is 1. The molecule has 0 atom stereocenters. The maximum Gasteiger partial charge on any atom is 0.161 e. The zero-order chi connectivity index (χ0) is 15.2. The zero-order valence-corrected chi connectivity index (χ0v) is 12.9. The molecule has 1 aromatic heterocycles. The minimum atomic E-state index is 0.468. The summed E-state index contributed by atoms with van der Waals surface area (Å²) < 4.78 is 5.24. The van der Waals surface area contributed by atoms with E-state index in [2.05, 4.69) is 20.6 Å². The van der Waals surface area contributed by atoms with Gasteiger partial charge in [-0.1, -0.05) is 30.3 Å². The van der Waals surface area contributed by atoms with E-state index in [0.717, 1.165) is 48.8 Å². The van der Waals surface area contributed by atoms with Gasteiger partial charge in [-0.05, 0) is 25.9 Å². The van der Waals surface area contributed by atoms with Crippen LogP contribution in [0.4, 0.5) is 5.82 Å². The number of rotatable bonds is 5. The summed E-state index contributed by atoms with van der Waals surface area (Å²) in [5.74, 6) is 1.62. The normalized spacial score (nSPS) is 15.7. The van der Waals surface area contributed by atoms with Crippen molar-refractivity contribution < 1.29 is 4.74 Å². The van der Waals surface area contributed by atoms with Crippen LogP contribution < -0.4 is 10.6 Å². The summed E-state index contributed by atoms with van der Waals surface area (Å²) in [6.07, 6.45) is 2.23. The van der Waals surface area contributed by atoms with E-state index in [1.165, 1.54) is 0 Å². The molecule has 0 aliphatic carbocycles. The second kappa shape index (κ2) is 7.33. The number of hydrogen-bond donors (Lipinski definition) is 2. The Balaban J connectivity index is 1.86. The molecule has 0 saturated carbocycles. The molecule has 3 rings (SSSR count). The van der Waals surface area contributed by atoms with Gasteiger partial charge in [-0.3, -0.25) is 0 Å². The third kappa shape index (κ3) is 3.81. The Morgan fingerprint density at radius 1 is 1.18 bits per heavy atom. The Morgan fingerprint density at radius 3 is 2.68 bits per heavy atom. The molecule has 1 fully saturated rings. The van der Waals surface area contributed by atoms with Gasteiger partial charge >= 0.3 is 0 Å². The molecule has 1 aliphatic rings. The van der Waals surface area contributed by atoms with Gasteiger partial charge in [0.1, 0.15) is 5.82 Å². The highest BCUT2D eigenvalue weighted by Crippen LogP contribution is 2.19. The number of hydrogen-bond acceptors (Lipinski definition) is 5. The lowest BCUT2D eigenvalue weighted by molar-refractivity contribution is 0.181. The van der Waals surface area contributed by atoms with Gasteiger partial charge in [0.2, 0.25) is 0 Å². The minimum Gasteiger partial charge on any atom is -0.378 e. The van der Waals surface area contributed by atoms with Crippen LogP contribution in [-0.2, 0) is 11.3 Å². The molecule has 116 valence electrons. The van der Waals surface area contributed by atoms with Crippen LogP contribution in [0, 0.1) is 0 Å². The molecule has 2 aromatic rings. The highest BCUT2D eigenvalue weighted by molar-refractivity contribution is 5.57. The van der Waals surface area contributed by atoms with Crippen molar-refractivity contribution in [2.45, 2.75) is 25.5 Å². The lowest BCUT2D eigenvalue weighted by atomic mass is 10.1. The number of nitrogens with zero attached hydrogens (tertiary/aromatic N) is 2. The van der Waals surface area contributed by atoms with E-state index < -0.39 is 0 Å². The van der Waals surface area contributed by atoms with Gasteiger partial charge in [-0.15, -0.1) is 0 Å². The molecule has 0 unspecified atom stereocenters. The van der Waals surface area contributed by atoms with E-state index in [0.29, 0.717) is 12.6 Å². The molecule has 0 amide bonds. The summed E-state index contributed by atoms with van der Waals surface area (Å²) in [4.78, 5) is 9.28. The molecule has 2 N–H and O–H groups in total. The van der Waals surface area contributed by atoms with E-state index >= 15 is 0 Å². The van der Waals surface area contributed by atoms with Gasteiger partial charge in [0, 0.05) is 24.8 Å². The van der Waals surface area contributed by atoms with Crippen molar-refractivity contribution in [3.05, 3.63) is 42.1 Å². The summed E-state index contributed by atoms with van der Waals surface area (Å²) in [5.41, 5.74) is 1.92. The van der Waals surface area contributed by atoms with Gasteiger partial charge in [0.15, 0.2) is 5.82 Å². The fraction of sp³-hybridized carbons (Fsp3) is 0.412. The molecule has 5 nitrogen and oxygen atoms in total. The molecule has 0 bridgehead atoms. The molecular weight excluding hydrogens is 276 g/mol. The molecule has 0 spiro atoms. The molecule has 1 aliphatic heterocycles. The van der Waals surface area contributed by atoms with Crippen molar-refractivity contribution in [2.75, 3.05) is 25.5 Å². The lowest BCUT2D eigenvalue weighted by Gasteiger charge is -2.24. The summed E-state index contributed by atoms with van der Waals surface area (Å²) in [5, 5.41) is 6.92. The van der Waals surface area contributed by atoms with E-state index in [1.807, 2.05) is 36.4 Å². The fourth-order valence-electron chi connectivity index (χ4n) is 2.68. The summed E-state index contributed by atoms with van der Waals surface area (Å²) in [7, 11) is 1.68. The first-order valence-electron chi connectivity index (χ1n) is 7.75. The van der Waals surface area contributed by atoms with Crippen LogP contribution in [0.3, 0.4) is 0 Å². The van der Waals surface area contributed by atoms with E-state index in [4.69, 9.17) is 4.74 Å². The monoisotopic (exact) mass is 298 g/mol. The van der Waals surface area contributed by atoms with Gasteiger partial charge in [-0.2, -0.15) is 0 Å². The molecule has 22 heavy (non-hydrogen) atoms. The number of methoxy groups -OCH3 is 1. The molecule has 1 aromatic carbocycles. The van der Waals surface area contributed by atoms with E-state index in [1.54, 1.807) is 7.11 Å². The summed E-state index contributed by atoms with van der Waals surface area (Å²) in [6, 6.07) is 12.5. The topological polar surface area (TPSA) is 59.1 Å². The maximum atomic E-state index is 5.24. The van der Waals surface area contributed by atoms with Crippen molar-refractivity contribution in [1.82, 2.24) is 15.3 Å². The van der Waals surface area contributed by atoms with Crippen molar-refractivity contribution in [3.8, 4) is 11.4 Å². The number of ether oxygens (including phenoxy) is 1. The Kier molecular flexibility index (Phi) is 4.98.